The van der Waals surface area contributed by atoms with Crippen molar-refractivity contribution >= 4 is 35.6 Å². The molecule has 3 aromatic heterocycles. The summed E-state index contributed by atoms with van der Waals surface area (Å²) in [6, 6.07) is 15.9. The Morgan fingerprint density at radius 2 is 1.87 bits per heavy atom. The van der Waals surface area contributed by atoms with E-state index >= 15 is 0 Å². The smallest absolute Gasteiger partial charge is 0.226 e. The van der Waals surface area contributed by atoms with E-state index in [1.54, 1.807) is 6.26 Å². The number of guanidine groups is 1. The molecule has 7 nitrogen and oxygen atoms in total. The van der Waals surface area contributed by atoms with Crippen molar-refractivity contribution in [3.05, 3.63) is 78.6 Å². The number of nitrogens with zero attached hydrogens (tertiary/aromatic N) is 4. The summed E-state index contributed by atoms with van der Waals surface area (Å²) in [5.74, 6) is 1.36. The van der Waals surface area contributed by atoms with Gasteiger partial charge in [-0.2, -0.15) is 0 Å². The van der Waals surface area contributed by atoms with Gasteiger partial charge in [0.15, 0.2) is 5.96 Å². The third-order valence-corrected chi connectivity index (χ3v) is 4.40. The number of aliphatic imine (C=N–C) groups is 1. The molecule has 4 aromatic rings. The fraction of sp³-hybridized carbons (Fsp3) is 0.227. The monoisotopic (exact) mass is 516 g/mol. The van der Waals surface area contributed by atoms with E-state index < -0.39 is 0 Å². The van der Waals surface area contributed by atoms with Gasteiger partial charge in [-0.05, 0) is 31.2 Å². The number of benzene rings is 1. The Labute approximate surface area is 192 Å². The molecule has 0 saturated heterocycles. The lowest BCUT2D eigenvalue weighted by atomic mass is 10.2. The minimum atomic E-state index is 0. The van der Waals surface area contributed by atoms with Gasteiger partial charge in [0.05, 0.1) is 12.2 Å². The van der Waals surface area contributed by atoms with E-state index in [1.807, 2.05) is 66.1 Å². The fourth-order valence-electron chi connectivity index (χ4n) is 3.01. The molecule has 0 aliphatic carbocycles. The van der Waals surface area contributed by atoms with Crippen LogP contribution in [0.15, 0.2) is 76.6 Å². The lowest BCUT2D eigenvalue weighted by molar-refractivity contribution is 0.572. The van der Waals surface area contributed by atoms with Gasteiger partial charge >= 0.3 is 0 Å². The van der Waals surface area contributed by atoms with Crippen LogP contribution in [0.1, 0.15) is 18.3 Å². The van der Waals surface area contributed by atoms with Crippen molar-refractivity contribution in [1.82, 2.24) is 25.0 Å². The third kappa shape index (κ3) is 5.59. The average Bonchev–Trinajstić information content (AvgIpc) is 3.39. The molecule has 0 saturated carbocycles. The van der Waals surface area contributed by atoms with Crippen LogP contribution in [-0.4, -0.2) is 33.4 Å². The van der Waals surface area contributed by atoms with Crippen LogP contribution < -0.4 is 10.6 Å². The van der Waals surface area contributed by atoms with E-state index in [4.69, 9.17) is 4.42 Å². The van der Waals surface area contributed by atoms with Crippen molar-refractivity contribution in [3.8, 4) is 11.5 Å². The van der Waals surface area contributed by atoms with E-state index in [0.717, 1.165) is 48.1 Å². The van der Waals surface area contributed by atoms with Gasteiger partial charge in [-0.1, -0.05) is 24.3 Å². The Bertz CT molecular complexity index is 1060. The Balaban J connectivity index is 0.00000256. The second-order valence-electron chi connectivity index (χ2n) is 6.58. The zero-order valence-electron chi connectivity index (χ0n) is 16.8. The molecule has 2 N–H and O–H groups in total. The number of hydrogen-bond donors (Lipinski definition) is 2. The number of fused-ring (bicyclic) bond motifs is 1. The maximum absolute atomic E-state index is 5.58. The van der Waals surface area contributed by atoms with Crippen LogP contribution in [0.2, 0.25) is 0 Å². The van der Waals surface area contributed by atoms with Crippen molar-refractivity contribution in [2.45, 2.75) is 19.9 Å². The molecule has 0 bridgehead atoms. The van der Waals surface area contributed by atoms with Gasteiger partial charge in [-0.15, -0.1) is 24.0 Å². The third-order valence-electron chi connectivity index (χ3n) is 4.40. The van der Waals surface area contributed by atoms with Gasteiger partial charge in [0, 0.05) is 37.5 Å². The highest BCUT2D eigenvalue weighted by Crippen LogP contribution is 2.18. The van der Waals surface area contributed by atoms with Crippen molar-refractivity contribution in [2.75, 3.05) is 13.1 Å². The summed E-state index contributed by atoms with van der Waals surface area (Å²) in [6.07, 6.45) is 6.54. The van der Waals surface area contributed by atoms with E-state index in [2.05, 4.69) is 31.8 Å². The summed E-state index contributed by atoms with van der Waals surface area (Å²) in [7, 11) is 0. The van der Waals surface area contributed by atoms with Gasteiger partial charge in [0.25, 0.3) is 0 Å². The summed E-state index contributed by atoms with van der Waals surface area (Å²) in [5.41, 5.74) is 3.76. The first-order chi connectivity index (χ1) is 14.3. The fourth-order valence-corrected chi connectivity index (χ4v) is 3.01. The molecule has 0 radical (unpaired) electrons. The first kappa shape index (κ1) is 21.8. The van der Waals surface area contributed by atoms with Gasteiger partial charge < -0.3 is 19.5 Å². The summed E-state index contributed by atoms with van der Waals surface area (Å²) in [5, 5.41) is 6.61. The molecule has 0 fully saturated rings. The van der Waals surface area contributed by atoms with Gasteiger partial charge in [-0.25, -0.2) is 15.0 Å². The first-order valence-corrected chi connectivity index (χ1v) is 9.76. The molecular weight excluding hydrogens is 491 g/mol. The van der Waals surface area contributed by atoms with Crippen LogP contribution >= 0.6 is 24.0 Å². The van der Waals surface area contributed by atoms with E-state index in [0.29, 0.717) is 12.4 Å². The number of rotatable bonds is 7. The molecular formula is C22H25IN6O. The van der Waals surface area contributed by atoms with Crippen LogP contribution in [0.25, 0.3) is 17.1 Å². The summed E-state index contributed by atoms with van der Waals surface area (Å²) in [6.45, 7) is 4.01. The zero-order chi connectivity index (χ0) is 19.9. The number of pyridine rings is 1. The Morgan fingerprint density at radius 1 is 1.03 bits per heavy atom. The molecule has 0 amide bonds. The van der Waals surface area contributed by atoms with Crippen molar-refractivity contribution < 1.29 is 4.42 Å². The predicted molar refractivity (Wildman–Crippen MR) is 129 cm³/mol. The number of hydrogen-bond acceptors (Lipinski definition) is 4. The van der Waals surface area contributed by atoms with E-state index in [1.165, 1.54) is 0 Å². The lowest BCUT2D eigenvalue weighted by Gasteiger charge is -2.10. The molecule has 0 atom stereocenters. The van der Waals surface area contributed by atoms with Crippen LogP contribution in [-0.2, 0) is 13.0 Å². The topological polar surface area (TPSA) is 79.8 Å². The van der Waals surface area contributed by atoms with Gasteiger partial charge in [-0.3, -0.25) is 0 Å². The van der Waals surface area contributed by atoms with Crippen LogP contribution in [0.3, 0.4) is 0 Å². The standard InChI is InChI=1S/C22H24N6O.HI/c1-2-23-22(24-12-11-18-15-28-13-7-6-10-20(28)26-18)25-14-19-16-29-21(27-19)17-8-4-3-5-9-17;/h3-10,13,15-16H,2,11-12,14H2,1H3,(H2,23,24,25);1H. The molecule has 1 aromatic carbocycles. The zero-order valence-corrected chi connectivity index (χ0v) is 19.1. The summed E-state index contributed by atoms with van der Waals surface area (Å²) in [4.78, 5) is 13.8. The van der Waals surface area contributed by atoms with E-state index in [9.17, 15) is 0 Å². The van der Waals surface area contributed by atoms with Crippen molar-refractivity contribution in [2.24, 2.45) is 4.99 Å². The van der Waals surface area contributed by atoms with Crippen LogP contribution in [0, 0.1) is 0 Å². The van der Waals surface area contributed by atoms with Crippen LogP contribution in [0.5, 0.6) is 0 Å². The average molecular weight is 516 g/mol. The number of aromatic nitrogens is 3. The quantitative estimate of drug-likeness (QED) is 0.221. The van der Waals surface area contributed by atoms with Crippen molar-refractivity contribution in [1.29, 1.82) is 0 Å². The molecule has 0 aliphatic rings. The first-order valence-electron chi connectivity index (χ1n) is 9.76. The Hall–Kier alpha value is -2.88. The molecule has 0 unspecified atom stereocenters. The van der Waals surface area contributed by atoms with Gasteiger partial charge in [0.2, 0.25) is 5.89 Å². The number of imidazole rings is 1. The summed E-state index contributed by atoms with van der Waals surface area (Å²) >= 11 is 0. The van der Waals surface area contributed by atoms with E-state index in [-0.39, 0.29) is 24.0 Å². The SMILES string of the molecule is CCNC(=NCc1coc(-c2ccccc2)n1)NCCc1cn2ccccc2n1.I. The van der Waals surface area contributed by atoms with Gasteiger partial charge in [0.1, 0.15) is 17.6 Å². The molecule has 3 heterocycles. The van der Waals surface area contributed by atoms with Crippen molar-refractivity contribution in [3.63, 3.8) is 0 Å². The maximum atomic E-state index is 5.58. The maximum Gasteiger partial charge on any atom is 0.226 e. The Morgan fingerprint density at radius 3 is 2.67 bits per heavy atom. The molecule has 4 rings (SSSR count). The Kier molecular flexibility index (Phi) is 7.83. The largest absolute Gasteiger partial charge is 0.444 e. The highest BCUT2D eigenvalue weighted by molar-refractivity contribution is 14.0. The number of nitrogens with one attached hydrogen (secondary N) is 2. The second-order valence-corrected chi connectivity index (χ2v) is 6.58. The lowest BCUT2D eigenvalue weighted by Crippen LogP contribution is -2.38. The minimum Gasteiger partial charge on any atom is -0.444 e. The highest BCUT2D eigenvalue weighted by Gasteiger charge is 2.07. The minimum absolute atomic E-state index is 0. The molecule has 8 heteroatoms. The molecule has 0 aliphatic heterocycles. The highest BCUT2D eigenvalue weighted by atomic mass is 127. The predicted octanol–water partition coefficient (Wildman–Crippen LogP) is 3.91. The number of halogens is 1. The normalized spacial score (nSPS) is 11.3. The number of oxazole rings is 1. The van der Waals surface area contributed by atoms with Crippen LogP contribution in [0.4, 0.5) is 0 Å². The summed E-state index contributed by atoms with van der Waals surface area (Å²) < 4.78 is 7.61. The molecule has 0 spiro atoms. The second kappa shape index (κ2) is 10.8. The molecule has 30 heavy (non-hydrogen) atoms. The molecule has 156 valence electrons.